The molecule has 0 amide bonds. The van der Waals surface area contributed by atoms with Gasteiger partial charge in [-0.15, -0.1) is 0 Å². The van der Waals surface area contributed by atoms with Crippen LogP contribution in [-0.2, 0) is 9.47 Å². The molecule has 0 unspecified atom stereocenters. The summed E-state index contributed by atoms with van der Waals surface area (Å²) >= 11 is 0. The molecule has 6 nitrogen and oxygen atoms in total. The van der Waals surface area contributed by atoms with Crippen molar-refractivity contribution < 1.29 is 23.7 Å². The van der Waals surface area contributed by atoms with Crippen molar-refractivity contribution in [3.8, 4) is 11.5 Å². The maximum absolute atomic E-state index is 12.3. The van der Waals surface area contributed by atoms with Gasteiger partial charge in [0.2, 0.25) is 0 Å². The second-order valence-corrected chi connectivity index (χ2v) is 6.71. The van der Waals surface area contributed by atoms with Gasteiger partial charge in [-0.3, -0.25) is 0 Å². The average Bonchev–Trinajstić information content (AvgIpc) is 3.21. The molecule has 3 atom stereocenters. The van der Waals surface area contributed by atoms with E-state index in [0.29, 0.717) is 23.7 Å². The van der Waals surface area contributed by atoms with Gasteiger partial charge in [-0.05, 0) is 18.6 Å². The summed E-state index contributed by atoms with van der Waals surface area (Å²) in [5, 5.41) is 3.58. The largest absolute Gasteiger partial charge is 0.493 e. The van der Waals surface area contributed by atoms with Crippen LogP contribution in [0.4, 0.5) is 5.69 Å². The normalized spacial score (nSPS) is 23.0. The third-order valence-electron chi connectivity index (χ3n) is 5.44. The molecule has 0 radical (unpaired) electrons. The molecular formula is C21H23NO5. The van der Waals surface area contributed by atoms with E-state index in [0.717, 1.165) is 23.2 Å². The van der Waals surface area contributed by atoms with Crippen molar-refractivity contribution in [2.45, 2.75) is 18.6 Å². The number of carbonyl (C=O) groups excluding carboxylic acids is 1. The second-order valence-electron chi connectivity index (χ2n) is 6.71. The van der Waals surface area contributed by atoms with Gasteiger partial charge in [0.05, 0.1) is 44.7 Å². The summed E-state index contributed by atoms with van der Waals surface area (Å²) in [7, 11) is 4.66. The molecule has 0 bridgehead atoms. The third kappa shape index (κ3) is 2.80. The Morgan fingerprint density at radius 3 is 2.59 bits per heavy atom. The number of ether oxygens (including phenoxy) is 4. The van der Waals surface area contributed by atoms with E-state index in [9.17, 15) is 4.79 Å². The van der Waals surface area contributed by atoms with Gasteiger partial charge < -0.3 is 24.3 Å². The summed E-state index contributed by atoms with van der Waals surface area (Å²) in [5.74, 6) is 1.24. The van der Waals surface area contributed by atoms with Crippen LogP contribution in [0.3, 0.4) is 0 Å². The number of anilines is 1. The number of para-hydroxylation sites is 2. The lowest BCUT2D eigenvalue weighted by Gasteiger charge is -2.37. The molecule has 6 heteroatoms. The third-order valence-corrected chi connectivity index (χ3v) is 5.44. The van der Waals surface area contributed by atoms with Gasteiger partial charge in [0.25, 0.3) is 0 Å². The zero-order chi connectivity index (χ0) is 19.0. The lowest BCUT2D eigenvalue weighted by Crippen LogP contribution is -2.31. The highest BCUT2D eigenvalue weighted by molar-refractivity contribution is 5.97. The predicted molar refractivity (Wildman–Crippen MR) is 100 cm³/mol. The minimum atomic E-state index is -0.368. The Morgan fingerprint density at radius 1 is 1.07 bits per heavy atom. The number of rotatable bonds is 4. The molecule has 4 rings (SSSR count). The van der Waals surface area contributed by atoms with Crippen molar-refractivity contribution in [2.24, 2.45) is 5.92 Å². The van der Waals surface area contributed by atoms with Crippen LogP contribution in [0.25, 0.3) is 0 Å². The van der Waals surface area contributed by atoms with E-state index in [-0.39, 0.29) is 24.0 Å². The van der Waals surface area contributed by atoms with Crippen molar-refractivity contribution >= 4 is 11.7 Å². The van der Waals surface area contributed by atoms with Crippen LogP contribution < -0.4 is 14.8 Å². The predicted octanol–water partition coefficient (Wildman–Crippen LogP) is 3.73. The molecule has 0 saturated carbocycles. The standard InChI is InChI=1S/C21H23NO5/c1-24-16-9-5-7-13(20(16)25-2)17-14-10-11-27-19(14)12-6-4-8-15(18(12)22-17)21(23)26-3/h4-9,14,17,19,22H,10-11H2,1-3H3/t14-,17+,19+/m1/s1. The zero-order valence-electron chi connectivity index (χ0n) is 15.7. The highest BCUT2D eigenvalue weighted by atomic mass is 16.5. The first-order valence-corrected chi connectivity index (χ1v) is 8.99. The molecule has 1 fully saturated rings. The number of carbonyl (C=O) groups is 1. The fraction of sp³-hybridized carbons (Fsp3) is 0.381. The van der Waals surface area contributed by atoms with Gasteiger partial charge in [-0.2, -0.15) is 0 Å². The average molecular weight is 369 g/mol. The molecule has 0 spiro atoms. The molecule has 0 aromatic heterocycles. The number of fused-ring (bicyclic) bond motifs is 3. The van der Waals surface area contributed by atoms with Crippen LogP contribution >= 0.6 is 0 Å². The maximum Gasteiger partial charge on any atom is 0.339 e. The van der Waals surface area contributed by atoms with Crippen molar-refractivity contribution in [2.75, 3.05) is 33.3 Å². The van der Waals surface area contributed by atoms with E-state index in [4.69, 9.17) is 18.9 Å². The van der Waals surface area contributed by atoms with Gasteiger partial charge in [0.15, 0.2) is 11.5 Å². The van der Waals surface area contributed by atoms with Crippen molar-refractivity contribution in [1.82, 2.24) is 0 Å². The molecule has 142 valence electrons. The minimum Gasteiger partial charge on any atom is -0.493 e. The summed E-state index contributed by atoms with van der Waals surface area (Å²) in [6.07, 6.45) is 0.844. The zero-order valence-corrected chi connectivity index (χ0v) is 15.7. The number of hydrogen-bond donors (Lipinski definition) is 1. The Hall–Kier alpha value is -2.73. The number of hydrogen-bond acceptors (Lipinski definition) is 6. The van der Waals surface area contributed by atoms with E-state index in [1.54, 1.807) is 20.3 Å². The Bertz CT molecular complexity index is 866. The Labute approximate surface area is 158 Å². The molecule has 0 aliphatic carbocycles. The molecule has 2 aromatic carbocycles. The van der Waals surface area contributed by atoms with Gasteiger partial charge >= 0.3 is 5.97 Å². The fourth-order valence-corrected chi connectivity index (χ4v) is 4.24. The first-order valence-electron chi connectivity index (χ1n) is 8.99. The number of esters is 1. The van der Waals surface area contributed by atoms with Crippen LogP contribution in [0.1, 0.15) is 40.1 Å². The molecule has 2 aromatic rings. The number of nitrogens with one attached hydrogen (secondary N) is 1. The van der Waals surface area contributed by atoms with Crippen LogP contribution in [-0.4, -0.2) is 33.9 Å². The van der Waals surface area contributed by atoms with Crippen molar-refractivity contribution in [3.63, 3.8) is 0 Å². The van der Waals surface area contributed by atoms with Crippen LogP contribution in [0.5, 0.6) is 11.5 Å². The highest BCUT2D eigenvalue weighted by Gasteiger charge is 2.43. The van der Waals surface area contributed by atoms with Crippen LogP contribution in [0, 0.1) is 5.92 Å². The lowest BCUT2D eigenvalue weighted by atomic mass is 9.80. The first-order chi connectivity index (χ1) is 13.2. The smallest absolute Gasteiger partial charge is 0.339 e. The van der Waals surface area contributed by atoms with Crippen molar-refractivity contribution in [3.05, 3.63) is 53.1 Å². The van der Waals surface area contributed by atoms with Crippen molar-refractivity contribution in [1.29, 1.82) is 0 Å². The number of benzene rings is 2. The van der Waals surface area contributed by atoms with E-state index in [1.807, 2.05) is 30.3 Å². The van der Waals surface area contributed by atoms with Gasteiger partial charge in [0.1, 0.15) is 0 Å². The Balaban J connectivity index is 1.85. The molecule has 1 saturated heterocycles. The number of methoxy groups -OCH3 is 3. The summed E-state index contributed by atoms with van der Waals surface area (Å²) in [5.41, 5.74) is 3.26. The molecule has 2 aliphatic rings. The Kier molecular flexibility index (Phi) is 4.66. The monoisotopic (exact) mass is 369 g/mol. The highest BCUT2D eigenvalue weighted by Crippen LogP contribution is 2.52. The molecular weight excluding hydrogens is 346 g/mol. The Morgan fingerprint density at radius 2 is 1.85 bits per heavy atom. The molecule has 2 heterocycles. The van der Waals surface area contributed by atoms with Crippen LogP contribution in [0.2, 0.25) is 0 Å². The molecule has 27 heavy (non-hydrogen) atoms. The summed E-state index contributed by atoms with van der Waals surface area (Å²) in [4.78, 5) is 12.3. The van der Waals surface area contributed by atoms with E-state index in [2.05, 4.69) is 5.32 Å². The second kappa shape index (κ2) is 7.12. The molecule has 2 aliphatic heterocycles. The summed E-state index contributed by atoms with van der Waals surface area (Å²) in [6.45, 7) is 0.682. The summed E-state index contributed by atoms with van der Waals surface area (Å²) < 4.78 is 22.2. The SMILES string of the molecule is COC(=O)c1cccc2c1N[C@@H](c1cccc(OC)c1OC)[C@H]1CCO[C@@H]21. The summed E-state index contributed by atoms with van der Waals surface area (Å²) in [6, 6.07) is 11.4. The maximum atomic E-state index is 12.3. The van der Waals surface area contributed by atoms with E-state index < -0.39 is 0 Å². The van der Waals surface area contributed by atoms with Crippen LogP contribution in [0.15, 0.2) is 36.4 Å². The van der Waals surface area contributed by atoms with Gasteiger partial charge in [-0.1, -0.05) is 24.3 Å². The van der Waals surface area contributed by atoms with Gasteiger partial charge in [0, 0.05) is 23.7 Å². The van der Waals surface area contributed by atoms with Gasteiger partial charge in [-0.25, -0.2) is 4.79 Å². The minimum absolute atomic E-state index is 0.0687. The topological polar surface area (TPSA) is 66.0 Å². The molecule has 1 N–H and O–H groups in total. The van der Waals surface area contributed by atoms with E-state index >= 15 is 0 Å². The quantitative estimate of drug-likeness (QED) is 0.829. The fourth-order valence-electron chi connectivity index (χ4n) is 4.24. The lowest BCUT2D eigenvalue weighted by molar-refractivity contribution is 0.0598. The first kappa shape index (κ1) is 17.7. The van der Waals surface area contributed by atoms with E-state index in [1.165, 1.54) is 7.11 Å².